The standard InChI is InChI=1S/C17H32N2O2S/c1-21-9-8-18-12-15(13-20)17(14-18)4-6-19(7-5-17)16-2-10-22-11-3-16/h15-16,20H,2-14H2,1H3. The van der Waals surface area contributed by atoms with E-state index in [-0.39, 0.29) is 0 Å². The molecular weight excluding hydrogens is 296 g/mol. The molecule has 4 nitrogen and oxygen atoms in total. The highest BCUT2D eigenvalue weighted by atomic mass is 32.2. The highest BCUT2D eigenvalue weighted by Crippen LogP contribution is 2.45. The summed E-state index contributed by atoms with van der Waals surface area (Å²) in [6.45, 7) is 6.87. The number of hydrogen-bond donors (Lipinski definition) is 1. The summed E-state index contributed by atoms with van der Waals surface area (Å²) in [7, 11) is 1.77. The van der Waals surface area contributed by atoms with Crippen LogP contribution in [-0.4, -0.2) is 85.5 Å². The predicted octanol–water partition coefficient (Wildman–Crippen LogP) is 1.53. The van der Waals surface area contributed by atoms with Gasteiger partial charge in [0, 0.05) is 45.3 Å². The van der Waals surface area contributed by atoms with Crippen LogP contribution in [0.5, 0.6) is 0 Å². The number of rotatable bonds is 5. The Morgan fingerprint density at radius 3 is 2.59 bits per heavy atom. The Morgan fingerprint density at radius 1 is 1.23 bits per heavy atom. The Labute approximate surface area is 139 Å². The van der Waals surface area contributed by atoms with Gasteiger partial charge in [-0.05, 0) is 55.7 Å². The van der Waals surface area contributed by atoms with Gasteiger partial charge >= 0.3 is 0 Å². The van der Waals surface area contributed by atoms with Gasteiger partial charge in [0.25, 0.3) is 0 Å². The fourth-order valence-corrected chi connectivity index (χ4v) is 5.82. The lowest BCUT2D eigenvalue weighted by molar-refractivity contribution is 0.0309. The van der Waals surface area contributed by atoms with E-state index in [9.17, 15) is 5.11 Å². The lowest BCUT2D eigenvalue weighted by Gasteiger charge is -2.45. The third kappa shape index (κ3) is 3.64. The van der Waals surface area contributed by atoms with Crippen LogP contribution in [0, 0.1) is 11.3 Å². The number of nitrogens with zero attached hydrogens (tertiary/aromatic N) is 2. The van der Waals surface area contributed by atoms with Gasteiger partial charge in [-0.15, -0.1) is 0 Å². The van der Waals surface area contributed by atoms with Gasteiger partial charge in [0.2, 0.25) is 0 Å². The molecule has 1 unspecified atom stereocenters. The lowest BCUT2D eigenvalue weighted by atomic mass is 9.71. The van der Waals surface area contributed by atoms with Gasteiger partial charge in [0.15, 0.2) is 0 Å². The molecule has 3 aliphatic rings. The number of thioether (sulfide) groups is 1. The summed E-state index contributed by atoms with van der Waals surface area (Å²) in [6.07, 6.45) is 5.29. The Kier molecular flexibility index (Phi) is 6.07. The summed E-state index contributed by atoms with van der Waals surface area (Å²) in [5, 5.41) is 9.87. The minimum Gasteiger partial charge on any atom is -0.396 e. The van der Waals surface area contributed by atoms with Crippen molar-refractivity contribution in [2.75, 3.05) is 64.6 Å². The van der Waals surface area contributed by atoms with Crippen LogP contribution in [0.2, 0.25) is 0 Å². The van der Waals surface area contributed by atoms with Crippen molar-refractivity contribution in [2.45, 2.75) is 31.7 Å². The van der Waals surface area contributed by atoms with Gasteiger partial charge in [0.05, 0.1) is 6.61 Å². The number of piperidine rings is 1. The zero-order chi connectivity index (χ0) is 15.4. The lowest BCUT2D eigenvalue weighted by Crippen LogP contribution is -2.49. The fraction of sp³-hybridized carbons (Fsp3) is 1.00. The normalized spacial score (nSPS) is 31.1. The average Bonchev–Trinajstić information content (AvgIpc) is 2.92. The van der Waals surface area contributed by atoms with Crippen molar-refractivity contribution in [1.29, 1.82) is 0 Å². The van der Waals surface area contributed by atoms with Gasteiger partial charge in [-0.2, -0.15) is 11.8 Å². The highest BCUT2D eigenvalue weighted by Gasteiger charge is 2.47. The molecule has 3 fully saturated rings. The SMILES string of the molecule is COCCN1CC(CO)C2(CCN(C3CCSCC3)CC2)C1. The molecule has 0 aromatic carbocycles. The Bertz CT molecular complexity index is 342. The molecule has 22 heavy (non-hydrogen) atoms. The molecule has 3 saturated heterocycles. The molecule has 3 rings (SSSR count). The second-order valence-corrected chi connectivity index (χ2v) is 8.57. The van der Waals surface area contributed by atoms with Gasteiger partial charge in [-0.3, -0.25) is 0 Å². The van der Waals surface area contributed by atoms with Gasteiger partial charge in [0.1, 0.15) is 0 Å². The predicted molar refractivity (Wildman–Crippen MR) is 92.5 cm³/mol. The molecule has 1 spiro atoms. The van der Waals surface area contributed by atoms with Crippen molar-refractivity contribution in [2.24, 2.45) is 11.3 Å². The summed E-state index contributed by atoms with van der Waals surface area (Å²) >= 11 is 2.12. The first kappa shape index (κ1) is 17.0. The van der Waals surface area contributed by atoms with E-state index in [1.54, 1.807) is 7.11 Å². The molecule has 128 valence electrons. The van der Waals surface area contributed by atoms with Gasteiger partial charge < -0.3 is 19.6 Å². The van der Waals surface area contributed by atoms with E-state index in [0.717, 1.165) is 32.3 Å². The molecule has 5 heteroatoms. The zero-order valence-electron chi connectivity index (χ0n) is 14.0. The largest absolute Gasteiger partial charge is 0.396 e. The maximum Gasteiger partial charge on any atom is 0.0589 e. The molecule has 3 aliphatic heterocycles. The first-order valence-corrected chi connectivity index (χ1v) is 10.1. The van der Waals surface area contributed by atoms with Crippen LogP contribution in [0.4, 0.5) is 0 Å². The molecule has 0 aromatic heterocycles. The van der Waals surface area contributed by atoms with Crippen LogP contribution in [0.1, 0.15) is 25.7 Å². The average molecular weight is 329 g/mol. The van der Waals surface area contributed by atoms with Crippen LogP contribution in [-0.2, 0) is 4.74 Å². The third-order valence-corrected chi connectivity index (χ3v) is 7.26. The Hall–Kier alpha value is 0.190. The van der Waals surface area contributed by atoms with E-state index in [1.807, 2.05) is 0 Å². The van der Waals surface area contributed by atoms with Crippen LogP contribution in [0.15, 0.2) is 0 Å². The molecule has 0 saturated carbocycles. The summed E-state index contributed by atoms with van der Waals surface area (Å²) in [5.41, 5.74) is 0.364. The maximum absolute atomic E-state index is 9.87. The van der Waals surface area contributed by atoms with Crippen molar-refractivity contribution in [3.05, 3.63) is 0 Å². The molecule has 0 bridgehead atoms. The van der Waals surface area contributed by atoms with Crippen molar-refractivity contribution >= 4 is 11.8 Å². The van der Waals surface area contributed by atoms with Crippen molar-refractivity contribution in [1.82, 2.24) is 9.80 Å². The molecule has 0 aliphatic carbocycles. The van der Waals surface area contributed by atoms with Crippen LogP contribution in [0.25, 0.3) is 0 Å². The van der Waals surface area contributed by atoms with Gasteiger partial charge in [-0.1, -0.05) is 0 Å². The molecule has 0 radical (unpaired) electrons. The molecular formula is C17H32N2O2S. The highest BCUT2D eigenvalue weighted by molar-refractivity contribution is 7.99. The van der Waals surface area contributed by atoms with E-state index in [1.165, 1.54) is 50.3 Å². The number of methoxy groups -OCH3 is 1. The molecule has 3 heterocycles. The monoisotopic (exact) mass is 328 g/mol. The number of likely N-dealkylation sites (tertiary alicyclic amines) is 2. The topological polar surface area (TPSA) is 35.9 Å². The van der Waals surface area contributed by atoms with Crippen molar-refractivity contribution in [3.8, 4) is 0 Å². The molecule has 0 amide bonds. The number of ether oxygens (including phenoxy) is 1. The fourth-order valence-electron chi connectivity index (χ4n) is 4.74. The second kappa shape index (κ2) is 7.84. The van der Waals surface area contributed by atoms with E-state index in [4.69, 9.17) is 4.74 Å². The number of aliphatic hydroxyl groups is 1. The van der Waals surface area contributed by atoms with Crippen molar-refractivity contribution < 1.29 is 9.84 Å². The zero-order valence-corrected chi connectivity index (χ0v) is 14.8. The minimum absolute atomic E-state index is 0.351. The van der Waals surface area contributed by atoms with E-state index in [2.05, 4.69) is 21.6 Å². The Balaban J connectivity index is 1.55. The summed E-state index contributed by atoms with van der Waals surface area (Å²) in [6, 6.07) is 0.831. The molecule has 0 aromatic rings. The molecule has 1 N–H and O–H groups in total. The Morgan fingerprint density at radius 2 is 1.95 bits per heavy atom. The van der Waals surface area contributed by atoms with Crippen LogP contribution >= 0.6 is 11.8 Å². The minimum atomic E-state index is 0.351. The van der Waals surface area contributed by atoms with E-state index >= 15 is 0 Å². The van der Waals surface area contributed by atoms with E-state index < -0.39 is 0 Å². The second-order valence-electron chi connectivity index (χ2n) is 7.35. The maximum atomic E-state index is 9.87. The number of hydrogen-bond acceptors (Lipinski definition) is 5. The van der Waals surface area contributed by atoms with Crippen LogP contribution in [0.3, 0.4) is 0 Å². The van der Waals surface area contributed by atoms with Crippen molar-refractivity contribution in [3.63, 3.8) is 0 Å². The first-order chi connectivity index (χ1) is 10.8. The third-order valence-electron chi connectivity index (χ3n) is 6.22. The van der Waals surface area contributed by atoms with Crippen LogP contribution < -0.4 is 0 Å². The summed E-state index contributed by atoms with van der Waals surface area (Å²) in [5.74, 6) is 3.15. The smallest absolute Gasteiger partial charge is 0.0589 e. The summed E-state index contributed by atoms with van der Waals surface area (Å²) in [4.78, 5) is 5.26. The van der Waals surface area contributed by atoms with E-state index in [0.29, 0.717) is 17.9 Å². The quantitative estimate of drug-likeness (QED) is 0.828. The van der Waals surface area contributed by atoms with Gasteiger partial charge in [-0.25, -0.2) is 0 Å². The number of aliphatic hydroxyl groups excluding tert-OH is 1. The summed E-state index contributed by atoms with van der Waals surface area (Å²) < 4.78 is 5.23. The first-order valence-electron chi connectivity index (χ1n) is 8.91. The molecule has 1 atom stereocenters.